The number of halogens is 8. The zero-order chi connectivity index (χ0) is 23.2. The van der Waals surface area contributed by atoms with E-state index in [0.29, 0.717) is 24.3 Å². The Morgan fingerprint density at radius 1 is 0.375 bits per heavy atom. The highest BCUT2D eigenvalue weighted by Crippen LogP contribution is 2.43. The lowest BCUT2D eigenvalue weighted by Crippen LogP contribution is -2.02. The van der Waals surface area contributed by atoms with Crippen molar-refractivity contribution in [3.8, 4) is 33.4 Å². The molecule has 0 N–H and O–H groups in total. The quantitative estimate of drug-likeness (QED) is 0.280. The van der Waals surface area contributed by atoms with Gasteiger partial charge >= 0.3 is 0 Å². The van der Waals surface area contributed by atoms with Gasteiger partial charge in [0.1, 0.15) is 34.9 Å². The Balaban J connectivity index is 2.14. The standard InChI is InChI=1S/C24H10F8/c25-11-5-7-17(27)16(8-11)22-20(30)10-15(13-2-1-3-18(28)23(13)31)21(24(22)32)14-6-4-12(26)9-19(14)29/h1-10H. The SMILES string of the molecule is Fc1ccc(-c2c(-c3cccc(F)c3F)cc(F)c(-c3cc(F)ccc3F)c2F)c(F)c1. The summed E-state index contributed by atoms with van der Waals surface area (Å²) in [6, 6.07) is 7.28. The van der Waals surface area contributed by atoms with Gasteiger partial charge in [-0.15, -0.1) is 0 Å². The lowest BCUT2D eigenvalue weighted by molar-refractivity contribution is 0.511. The summed E-state index contributed by atoms with van der Waals surface area (Å²) in [6.45, 7) is 0. The van der Waals surface area contributed by atoms with Gasteiger partial charge in [0.2, 0.25) is 0 Å². The van der Waals surface area contributed by atoms with Gasteiger partial charge in [0.25, 0.3) is 0 Å². The second-order valence-electron chi connectivity index (χ2n) is 6.82. The van der Waals surface area contributed by atoms with Gasteiger partial charge in [0.15, 0.2) is 11.6 Å². The van der Waals surface area contributed by atoms with Crippen LogP contribution in [0.3, 0.4) is 0 Å². The van der Waals surface area contributed by atoms with Crippen LogP contribution in [0, 0.1) is 46.5 Å². The molecule has 32 heavy (non-hydrogen) atoms. The Morgan fingerprint density at radius 3 is 1.78 bits per heavy atom. The number of benzene rings is 4. The fourth-order valence-electron chi connectivity index (χ4n) is 3.43. The molecule has 4 aromatic rings. The first-order valence-electron chi connectivity index (χ1n) is 9.06. The average molecular weight is 450 g/mol. The summed E-state index contributed by atoms with van der Waals surface area (Å²) < 4.78 is 115. The van der Waals surface area contributed by atoms with Gasteiger partial charge in [-0.25, -0.2) is 35.1 Å². The largest absolute Gasteiger partial charge is 0.207 e. The van der Waals surface area contributed by atoms with Crippen LogP contribution in [0.4, 0.5) is 35.1 Å². The molecule has 0 nitrogen and oxygen atoms in total. The number of hydrogen-bond acceptors (Lipinski definition) is 0. The van der Waals surface area contributed by atoms with E-state index in [4.69, 9.17) is 0 Å². The van der Waals surface area contributed by atoms with E-state index >= 15 is 4.39 Å². The van der Waals surface area contributed by atoms with E-state index in [1.165, 1.54) is 0 Å². The van der Waals surface area contributed by atoms with Gasteiger partial charge in [0.05, 0.1) is 5.56 Å². The molecule has 0 unspecified atom stereocenters. The van der Waals surface area contributed by atoms with Crippen LogP contribution < -0.4 is 0 Å². The van der Waals surface area contributed by atoms with Crippen molar-refractivity contribution >= 4 is 0 Å². The van der Waals surface area contributed by atoms with Crippen molar-refractivity contribution < 1.29 is 35.1 Å². The lowest BCUT2D eigenvalue weighted by atomic mass is 9.89. The van der Waals surface area contributed by atoms with Gasteiger partial charge < -0.3 is 0 Å². The highest BCUT2D eigenvalue weighted by Gasteiger charge is 2.27. The normalized spacial score (nSPS) is 11.1. The van der Waals surface area contributed by atoms with Gasteiger partial charge in [0, 0.05) is 28.3 Å². The second-order valence-corrected chi connectivity index (χ2v) is 6.82. The van der Waals surface area contributed by atoms with E-state index in [9.17, 15) is 30.7 Å². The Hall–Kier alpha value is -3.68. The molecule has 0 saturated carbocycles. The molecule has 0 aliphatic heterocycles. The van der Waals surface area contributed by atoms with Gasteiger partial charge in [-0.05, 0) is 48.0 Å². The average Bonchev–Trinajstić information content (AvgIpc) is 2.73. The van der Waals surface area contributed by atoms with Crippen LogP contribution in [-0.2, 0) is 0 Å². The summed E-state index contributed by atoms with van der Waals surface area (Å²) in [5.74, 6) is -10.3. The second kappa shape index (κ2) is 8.11. The first-order chi connectivity index (χ1) is 15.2. The molecule has 0 heterocycles. The van der Waals surface area contributed by atoms with Gasteiger partial charge in [-0.1, -0.05) is 12.1 Å². The minimum atomic E-state index is -1.57. The van der Waals surface area contributed by atoms with E-state index in [2.05, 4.69) is 0 Å². The highest BCUT2D eigenvalue weighted by molar-refractivity contribution is 5.88. The molecule has 0 radical (unpaired) electrons. The summed E-state index contributed by atoms with van der Waals surface area (Å²) in [4.78, 5) is 0. The van der Waals surface area contributed by atoms with E-state index in [-0.39, 0.29) is 0 Å². The van der Waals surface area contributed by atoms with Crippen molar-refractivity contribution in [1.82, 2.24) is 0 Å². The Bertz CT molecular complexity index is 1360. The molecule has 0 fully saturated rings. The Labute approximate surface area is 176 Å². The van der Waals surface area contributed by atoms with Crippen LogP contribution in [0.1, 0.15) is 0 Å². The molecular formula is C24H10F8. The predicted octanol–water partition coefficient (Wildman–Crippen LogP) is 7.80. The van der Waals surface area contributed by atoms with Crippen LogP contribution in [0.25, 0.3) is 33.4 Å². The molecule has 4 aromatic carbocycles. The molecule has 0 atom stereocenters. The van der Waals surface area contributed by atoms with Crippen LogP contribution in [0.2, 0.25) is 0 Å². The molecule has 0 saturated heterocycles. The van der Waals surface area contributed by atoms with Crippen LogP contribution in [-0.4, -0.2) is 0 Å². The molecular weight excluding hydrogens is 440 g/mol. The smallest absolute Gasteiger partial charge is 0.166 e. The number of hydrogen-bond donors (Lipinski definition) is 0. The van der Waals surface area contributed by atoms with Crippen molar-refractivity contribution in [1.29, 1.82) is 0 Å². The molecule has 162 valence electrons. The van der Waals surface area contributed by atoms with E-state index in [1.807, 2.05) is 0 Å². The van der Waals surface area contributed by atoms with Crippen LogP contribution >= 0.6 is 0 Å². The summed E-state index contributed by atoms with van der Waals surface area (Å²) in [5.41, 5.74) is -4.50. The van der Waals surface area contributed by atoms with Crippen molar-refractivity contribution in [3.63, 3.8) is 0 Å². The highest BCUT2D eigenvalue weighted by atomic mass is 19.2. The van der Waals surface area contributed by atoms with Crippen LogP contribution in [0.5, 0.6) is 0 Å². The lowest BCUT2D eigenvalue weighted by Gasteiger charge is -2.17. The van der Waals surface area contributed by atoms with Gasteiger partial charge in [-0.3, -0.25) is 0 Å². The molecule has 0 aliphatic rings. The Kier molecular flexibility index (Phi) is 5.46. The van der Waals surface area contributed by atoms with Crippen LogP contribution in [0.15, 0.2) is 60.7 Å². The number of rotatable bonds is 3. The molecule has 0 aliphatic carbocycles. The van der Waals surface area contributed by atoms with E-state index in [1.54, 1.807) is 0 Å². The van der Waals surface area contributed by atoms with Crippen molar-refractivity contribution in [2.45, 2.75) is 0 Å². The molecule has 8 heteroatoms. The summed E-state index contributed by atoms with van der Waals surface area (Å²) in [7, 11) is 0. The first-order valence-corrected chi connectivity index (χ1v) is 9.06. The topological polar surface area (TPSA) is 0 Å². The maximum absolute atomic E-state index is 15.7. The molecule has 0 amide bonds. The minimum Gasteiger partial charge on any atom is -0.207 e. The predicted molar refractivity (Wildman–Crippen MR) is 102 cm³/mol. The monoisotopic (exact) mass is 450 g/mol. The molecule has 0 spiro atoms. The summed E-state index contributed by atoms with van der Waals surface area (Å²) in [5, 5.41) is 0. The van der Waals surface area contributed by atoms with Crippen molar-refractivity contribution in [3.05, 3.63) is 107 Å². The third kappa shape index (κ3) is 3.62. The fraction of sp³-hybridized carbons (Fsp3) is 0. The van der Waals surface area contributed by atoms with E-state index < -0.39 is 79.9 Å². The minimum absolute atomic E-state index is 0.409. The molecule has 4 rings (SSSR count). The van der Waals surface area contributed by atoms with E-state index in [0.717, 1.165) is 36.4 Å². The third-order valence-corrected chi connectivity index (χ3v) is 4.86. The summed E-state index contributed by atoms with van der Waals surface area (Å²) in [6.07, 6.45) is 0. The van der Waals surface area contributed by atoms with Crippen molar-refractivity contribution in [2.75, 3.05) is 0 Å². The fourth-order valence-corrected chi connectivity index (χ4v) is 3.43. The van der Waals surface area contributed by atoms with Crippen molar-refractivity contribution in [2.24, 2.45) is 0 Å². The first kappa shape index (κ1) is 21.5. The maximum atomic E-state index is 15.7. The Morgan fingerprint density at radius 2 is 1.06 bits per heavy atom. The van der Waals surface area contributed by atoms with Gasteiger partial charge in [-0.2, -0.15) is 0 Å². The zero-order valence-corrected chi connectivity index (χ0v) is 15.8. The maximum Gasteiger partial charge on any atom is 0.166 e. The molecule has 0 bridgehead atoms. The molecule has 0 aromatic heterocycles. The third-order valence-electron chi connectivity index (χ3n) is 4.86. The summed E-state index contributed by atoms with van der Waals surface area (Å²) >= 11 is 0. The zero-order valence-electron chi connectivity index (χ0n) is 15.8.